The molecular formula is C52H46F2N12O2. The highest BCUT2D eigenvalue weighted by atomic mass is 19.1. The number of nitriles is 2. The first-order chi connectivity index (χ1) is 33.0. The average Bonchev–Trinajstić information content (AvgIpc) is 4.19. The summed E-state index contributed by atoms with van der Waals surface area (Å²) in [7, 11) is 3.27. The van der Waals surface area contributed by atoms with Crippen molar-refractivity contribution >= 4 is 24.3 Å². The Labute approximate surface area is 391 Å². The van der Waals surface area contributed by atoms with Gasteiger partial charge >= 0.3 is 0 Å². The van der Waals surface area contributed by atoms with Crippen molar-refractivity contribution in [1.82, 2.24) is 48.6 Å². The molecule has 2 atom stereocenters. The van der Waals surface area contributed by atoms with Crippen LogP contribution in [0.4, 0.5) is 8.78 Å². The highest BCUT2D eigenvalue weighted by Gasteiger charge is 2.43. The van der Waals surface area contributed by atoms with Gasteiger partial charge in [0.15, 0.2) is 23.3 Å². The molecule has 0 saturated heterocycles. The Morgan fingerprint density at radius 2 is 1.04 bits per heavy atom. The van der Waals surface area contributed by atoms with Gasteiger partial charge in [-0.15, -0.1) is 0 Å². The molecule has 0 spiro atoms. The minimum atomic E-state index is -1.02. The maximum absolute atomic E-state index is 13.9. The maximum atomic E-state index is 13.9. The van der Waals surface area contributed by atoms with Crippen LogP contribution in [0.3, 0.4) is 0 Å². The van der Waals surface area contributed by atoms with Crippen LogP contribution in [0.1, 0.15) is 82.6 Å². The van der Waals surface area contributed by atoms with Crippen molar-refractivity contribution in [2.24, 2.45) is 0 Å². The first-order valence-corrected chi connectivity index (χ1v) is 22.0. The van der Waals surface area contributed by atoms with Crippen molar-refractivity contribution in [2.75, 3.05) is 14.2 Å². The van der Waals surface area contributed by atoms with E-state index in [-0.39, 0.29) is 11.6 Å². The van der Waals surface area contributed by atoms with E-state index in [4.69, 9.17) is 9.47 Å². The fourth-order valence-corrected chi connectivity index (χ4v) is 8.88. The van der Waals surface area contributed by atoms with Crippen LogP contribution in [0.5, 0.6) is 11.5 Å². The van der Waals surface area contributed by atoms with E-state index in [1.807, 2.05) is 96.1 Å². The lowest BCUT2D eigenvalue weighted by Crippen LogP contribution is -2.34. The fraction of sp³-hybridized carbons (Fsp3) is 0.231. The molecule has 0 saturated carbocycles. The second kappa shape index (κ2) is 18.8. The molecule has 2 aliphatic rings. The maximum Gasteiger partial charge on any atom is 0.174 e. The molecule has 0 amide bonds. The number of aromatic nitrogens is 10. The molecule has 4 aromatic carbocycles. The summed E-state index contributed by atoms with van der Waals surface area (Å²) in [5.41, 5.74) is 4.64. The van der Waals surface area contributed by atoms with Gasteiger partial charge in [-0.2, -0.15) is 20.7 Å². The zero-order valence-corrected chi connectivity index (χ0v) is 37.9. The van der Waals surface area contributed by atoms with E-state index < -0.39 is 10.8 Å². The molecular weight excluding hydrogens is 863 g/mol. The number of halogens is 2. The Morgan fingerprint density at radius 1 is 0.603 bits per heavy atom. The van der Waals surface area contributed by atoms with E-state index in [1.165, 1.54) is 24.3 Å². The standard InChI is InChI=1S/2C26H23FN6O/c2*1-18-15-32(17-29-18)22-9-7-19(13-23(22)34-2)8-10-24-30-25-26(16-28,11-4-12-33(25)31-24)20-5-3-6-21(27)14-20/h2*3,5-10,13-15,17H,4,11-12H2,1-2H3/b2*10-8+/t2*26-/m10/s1. The van der Waals surface area contributed by atoms with Gasteiger partial charge in [0, 0.05) is 25.5 Å². The molecule has 0 N–H and O–H groups in total. The van der Waals surface area contributed by atoms with Crippen LogP contribution in [-0.4, -0.2) is 62.9 Å². The van der Waals surface area contributed by atoms with E-state index in [1.54, 1.807) is 60.5 Å². The van der Waals surface area contributed by atoms with Crippen LogP contribution in [0.2, 0.25) is 0 Å². The van der Waals surface area contributed by atoms with Crippen molar-refractivity contribution < 1.29 is 18.3 Å². The normalized spacial score (nSPS) is 17.5. The largest absolute Gasteiger partial charge is 0.495 e. The third-order valence-electron chi connectivity index (χ3n) is 12.2. The Bertz CT molecular complexity index is 3080. The number of methoxy groups -OCH3 is 2. The van der Waals surface area contributed by atoms with Gasteiger partial charge in [-0.1, -0.05) is 48.6 Å². The number of benzene rings is 4. The molecule has 2 aliphatic heterocycles. The van der Waals surface area contributed by atoms with Crippen molar-refractivity contribution in [2.45, 2.75) is 63.5 Å². The Morgan fingerprint density at radius 3 is 1.41 bits per heavy atom. The van der Waals surface area contributed by atoms with E-state index in [2.05, 4.69) is 42.3 Å². The second-order valence-corrected chi connectivity index (χ2v) is 16.7. The predicted molar refractivity (Wildman–Crippen MR) is 252 cm³/mol. The summed E-state index contributed by atoms with van der Waals surface area (Å²) in [4.78, 5) is 17.9. The van der Waals surface area contributed by atoms with Crippen LogP contribution < -0.4 is 9.47 Å². The highest BCUT2D eigenvalue weighted by Crippen LogP contribution is 2.40. The molecule has 0 radical (unpaired) electrons. The zero-order valence-electron chi connectivity index (χ0n) is 37.9. The zero-order chi connectivity index (χ0) is 47.4. The summed E-state index contributed by atoms with van der Waals surface area (Å²) in [6, 6.07) is 29.0. The van der Waals surface area contributed by atoms with Crippen molar-refractivity contribution in [3.8, 4) is 35.0 Å². The lowest BCUT2D eigenvalue weighted by Gasteiger charge is -2.30. The van der Waals surface area contributed by atoms with Gasteiger partial charge in [0.1, 0.15) is 34.0 Å². The number of imidazole rings is 2. The number of ether oxygens (including phenoxy) is 2. The van der Waals surface area contributed by atoms with E-state index in [0.717, 1.165) is 46.7 Å². The summed E-state index contributed by atoms with van der Waals surface area (Å²) in [6.07, 6.45) is 17.5. The van der Waals surface area contributed by atoms with Gasteiger partial charge in [-0.3, -0.25) is 0 Å². The fourth-order valence-electron chi connectivity index (χ4n) is 8.88. The summed E-state index contributed by atoms with van der Waals surface area (Å²) >= 11 is 0. The molecule has 16 heteroatoms. The van der Waals surface area contributed by atoms with Gasteiger partial charge in [0.2, 0.25) is 0 Å². The molecule has 0 unspecified atom stereocenters. The third kappa shape index (κ3) is 8.67. The molecule has 6 heterocycles. The Balaban J connectivity index is 0.000000170. The molecule has 0 bridgehead atoms. The van der Waals surface area contributed by atoms with E-state index >= 15 is 0 Å². The van der Waals surface area contributed by atoms with Crippen LogP contribution >= 0.6 is 0 Å². The molecule has 340 valence electrons. The predicted octanol–water partition coefficient (Wildman–Crippen LogP) is 9.39. The van der Waals surface area contributed by atoms with Crippen molar-refractivity contribution in [3.05, 3.63) is 179 Å². The van der Waals surface area contributed by atoms with Crippen molar-refractivity contribution in [1.29, 1.82) is 10.5 Å². The SMILES string of the molecule is COc1cc(/C=C/c2nc3n(n2)CCC[C@@]3(C#N)c2cccc(F)c2)ccc1-n1cnc(C)c1.COc1cc(/C=C/c2nc3n(n2)CCC[C@]3(C#N)c2cccc(F)c2)ccc1-n1cnc(C)c1. The van der Waals surface area contributed by atoms with Crippen LogP contribution in [-0.2, 0) is 23.9 Å². The molecule has 4 aromatic heterocycles. The summed E-state index contributed by atoms with van der Waals surface area (Å²) in [5.74, 6) is 2.80. The summed E-state index contributed by atoms with van der Waals surface area (Å²) in [5, 5.41) is 29.5. The molecule has 8 aromatic rings. The minimum absolute atomic E-state index is 0.368. The van der Waals surface area contributed by atoms with Gasteiger partial charge in [-0.05, 0) is 122 Å². The third-order valence-corrected chi connectivity index (χ3v) is 12.2. The average molecular weight is 909 g/mol. The second-order valence-electron chi connectivity index (χ2n) is 16.7. The van der Waals surface area contributed by atoms with E-state index in [9.17, 15) is 19.3 Å². The Kier molecular flexibility index (Phi) is 12.3. The van der Waals surface area contributed by atoms with Crippen LogP contribution in [0.25, 0.3) is 35.7 Å². The van der Waals surface area contributed by atoms with Gasteiger partial charge in [-0.25, -0.2) is 38.1 Å². The van der Waals surface area contributed by atoms with Gasteiger partial charge in [0.05, 0.1) is 61.8 Å². The molecule has 14 nitrogen and oxygen atoms in total. The summed E-state index contributed by atoms with van der Waals surface area (Å²) in [6.45, 7) is 5.21. The van der Waals surface area contributed by atoms with Crippen molar-refractivity contribution in [3.63, 3.8) is 0 Å². The topological polar surface area (TPSA) is 163 Å². The molecule has 0 aliphatic carbocycles. The molecule has 10 rings (SSSR count). The number of hydrogen-bond acceptors (Lipinski definition) is 10. The highest BCUT2D eigenvalue weighted by molar-refractivity contribution is 5.70. The van der Waals surface area contributed by atoms with E-state index in [0.29, 0.717) is 71.9 Å². The number of rotatable bonds is 10. The number of hydrogen-bond donors (Lipinski definition) is 0. The molecule has 0 fully saturated rings. The number of nitrogens with zero attached hydrogens (tertiary/aromatic N) is 12. The monoisotopic (exact) mass is 908 g/mol. The number of fused-ring (bicyclic) bond motifs is 2. The quantitative estimate of drug-likeness (QED) is 0.129. The smallest absolute Gasteiger partial charge is 0.174 e. The van der Waals surface area contributed by atoms with Gasteiger partial charge in [0.25, 0.3) is 0 Å². The van der Waals surface area contributed by atoms with Crippen LogP contribution in [0, 0.1) is 48.1 Å². The first kappa shape index (κ1) is 44.7. The van der Waals surface area contributed by atoms with Gasteiger partial charge < -0.3 is 18.6 Å². The Hall–Kier alpha value is -8.50. The number of aryl methyl sites for hydroxylation is 4. The molecule has 68 heavy (non-hydrogen) atoms. The lowest BCUT2D eigenvalue weighted by molar-refractivity contribution is 0.392. The summed E-state index contributed by atoms with van der Waals surface area (Å²) < 4.78 is 46.4. The van der Waals surface area contributed by atoms with Crippen LogP contribution in [0.15, 0.2) is 110 Å². The first-order valence-electron chi connectivity index (χ1n) is 22.0. The minimum Gasteiger partial charge on any atom is -0.495 e. The lowest BCUT2D eigenvalue weighted by atomic mass is 9.75.